The molecule has 0 radical (unpaired) electrons. The summed E-state index contributed by atoms with van der Waals surface area (Å²) in [4.78, 5) is 4.18. The third kappa shape index (κ3) is 1.74. The molecule has 0 amide bonds. The smallest absolute Gasteiger partial charge is 0.0531 e. The second kappa shape index (κ2) is 3.60. The van der Waals surface area contributed by atoms with Gasteiger partial charge in [-0.25, -0.2) is 0 Å². The van der Waals surface area contributed by atoms with Crippen molar-refractivity contribution < 1.29 is 0 Å². The van der Waals surface area contributed by atoms with Crippen LogP contribution >= 0.6 is 0 Å². The molecule has 1 saturated carbocycles. The number of aromatic nitrogens is 1. The quantitative estimate of drug-likeness (QED) is 0.775. The van der Waals surface area contributed by atoms with Gasteiger partial charge in [0, 0.05) is 18.4 Å². The Morgan fingerprint density at radius 3 is 2.71 bits per heavy atom. The monoisotopic (exact) mass is 190 g/mol. The fourth-order valence-corrected chi connectivity index (χ4v) is 2.07. The second-order valence-corrected chi connectivity index (χ2v) is 4.57. The Balaban J connectivity index is 1.98. The maximum Gasteiger partial charge on any atom is 0.0531 e. The molecule has 1 heterocycles. The Hall–Kier alpha value is -1.05. The highest BCUT2D eigenvalue weighted by atomic mass is 15.0. The zero-order valence-electron chi connectivity index (χ0n) is 9.12. The second-order valence-electron chi connectivity index (χ2n) is 4.57. The summed E-state index contributed by atoms with van der Waals surface area (Å²) < 4.78 is 0. The van der Waals surface area contributed by atoms with Crippen LogP contribution in [0.4, 0.5) is 5.69 Å². The van der Waals surface area contributed by atoms with Crippen molar-refractivity contribution in [3.05, 3.63) is 24.0 Å². The van der Waals surface area contributed by atoms with E-state index in [1.807, 2.05) is 12.4 Å². The van der Waals surface area contributed by atoms with Gasteiger partial charge in [-0.2, -0.15) is 0 Å². The molecule has 2 rings (SSSR count). The molecule has 76 valence electrons. The summed E-state index contributed by atoms with van der Waals surface area (Å²) in [6, 6.07) is 2.80. The zero-order valence-corrected chi connectivity index (χ0v) is 9.12. The first kappa shape index (κ1) is 9.50. The van der Waals surface area contributed by atoms with Crippen LogP contribution in [-0.4, -0.2) is 11.0 Å². The summed E-state index contributed by atoms with van der Waals surface area (Å²) in [5.74, 6) is 1.65. The maximum atomic E-state index is 4.18. The highest BCUT2D eigenvalue weighted by molar-refractivity contribution is 5.44. The van der Waals surface area contributed by atoms with Gasteiger partial charge in [0.05, 0.1) is 5.69 Å². The zero-order chi connectivity index (χ0) is 10.1. The van der Waals surface area contributed by atoms with Crippen LogP contribution in [0.1, 0.15) is 25.8 Å². The normalized spacial score (nSPS) is 30.9. The summed E-state index contributed by atoms with van der Waals surface area (Å²) in [5.41, 5.74) is 2.38. The number of nitrogens with zero attached hydrogens (tertiary/aromatic N) is 1. The molecule has 3 atom stereocenters. The first-order valence-electron chi connectivity index (χ1n) is 5.35. The van der Waals surface area contributed by atoms with Crippen LogP contribution in [-0.2, 0) is 0 Å². The van der Waals surface area contributed by atoms with Gasteiger partial charge in [-0.1, -0.05) is 13.8 Å². The molecule has 0 bridgehead atoms. The number of rotatable bonds is 2. The molecule has 1 aromatic rings. The average Bonchev–Trinajstić information content (AvgIpc) is 2.17. The topological polar surface area (TPSA) is 24.9 Å². The van der Waals surface area contributed by atoms with E-state index in [1.54, 1.807) is 0 Å². The van der Waals surface area contributed by atoms with Crippen molar-refractivity contribution in [3.8, 4) is 0 Å². The molecule has 1 N–H and O–H groups in total. The third-order valence-electron chi connectivity index (χ3n) is 3.38. The van der Waals surface area contributed by atoms with Gasteiger partial charge < -0.3 is 5.32 Å². The van der Waals surface area contributed by atoms with Crippen molar-refractivity contribution in [2.75, 3.05) is 5.32 Å². The lowest BCUT2D eigenvalue weighted by Gasteiger charge is -2.41. The molecule has 1 aliphatic carbocycles. The van der Waals surface area contributed by atoms with Crippen LogP contribution in [0, 0.1) is 18.8 Å². The molecule has 0 spiro atoms. The summed E-state index contributed by atoms with van der Waals surface area (Å²) in [6.45, 7) is 6.71. The van der Waals surface area contributed by atoms with E-state index in [2.05, 4.69) is 37.1 Å². The first-order chi connectivity index (χ1) is 6.66. The highest BCUT2D eigenvalue weighted by Gasteiger charge is 2.33. The molecule has 0 aromatic carbocycles. The van der Waals surface area contributed by atoms with Gasteiger partial charge in [0.15, 0.2) is 0 Å². The minimum Gasteiger partial charge on any atom is -0.381 e. The lowest BCUT2D eigenvalue weighted by molar-refractivity contribution is 0.189. The predicted molar refractivity (Wildman–Crippen MR) is 59.3 cm³/mol. The number of aryl methyl sites for hydroxylation is 1. The Morgan fingerprint density at radius 1 is 1.36 bits per heavy atom. The Morgan fingerprint density at radius 2 is 2.14 bits per heavy atom. The standard InChI is InChI=1S/C12H18N2/c1-8-4-11(7-13-6-8)14-12-5-9(2)10(12)3/h4,6-7,9-10,12,14H,5H2,1-3H3. The molecule has 1 aromatic heterocycles. The van der Waals surface area contributed by atoms with Crippen molar-refractivity contribution in [2.24, 2.45) is 11.8 Å². The molecule has 0 aliphatic heterocycles. The molecule has 1 aliphatic rings. The van der Waals surface area contributed by atoms with E-state index in [0.717, 1.165) is 17.5 Å². The molecular formula is C12H18N2. The van der Waals surface area contributed by atoms with E-state index in [0.29, 0.717) is 6.04 Å². The molecule has 2 nitrogen and oxygen atoms in total. The van der Waals surface area contributed by atoms with Crippen molar-refractivity contribution in [1.29, 1.82) is 0 Å². The summed E-state index contributed by atoms with van der Waals surface area (Å²) in [7, 11) is 0. The van der Waals surface area contributed by atoms with Gasteiger partial charge in [0.1, 0.15) is 0 Å². The Labute approximate surface area is 85.7 Å². The van der Waals surface area contributed by atoms with Crippen molar-refractivity contribution in [3.63, 3.8) is 0 Å². The fourth-order valence-electron chi connectivity index (χ4n) is 2.07. The van der Waals surface area contributed by atoms with Gasteiger partial charge >= 0.3 is 0 Å². The van der Waals surface area contributed by atoms with Crippen LogP contribution in [0.15, 0.2) is 18.5 Å². The fraction of sp³-hybridized carbons (Fsp3) is 0.583. The van der Waals surface area contributed by atoms with E-state index in [9.17, 15) is 0 Å². The number of hydrogen-bond acceptors (Lipinski definition) is 2. The summed E-state index contributed by atoms with van der Waals surface area (Å²) >= 11 is 0. The molecule has 2 heteroatoms. The van der Waals surface area contributed by atoms with E-state index >= 15 is 0 Å². The SMILES string of the molecule is Cc1cncc(NC2CC(C)C2C)c1. The third-order valence-corrected chi connectivity index (χ3v) is 3.38. The lowest BCUT2D eigenvalue weighted by atomic mass is 9.71. The molecular weight excluding hydrogens is 172 g/mol. The summed E-state index contributed by atoms with van der Waals surface area (Å²) in [6.07, 6.45) is 5.08. The molecule has 14 heavy (non-hydrogen) atoms. The maximum absolute atomic E-state index is 4.18. The van der Waals surface area contributed by atoms with Crippen LogP contribution in [0.3, 0.4) is 0 Å². The van der Waals surface area contributed by atoms with E-state index in [1.165, 1.54) is 12.0 Å². The molecule has 1 fully saturated rings. The Kier molecular flexibility index (Phi) is 2.44. The van der Waals surface area contributed by atoms with E-state index in [4.69, 9.17) is 0 Å². The van der Waals surface area contributed by atoms with Crippen LogP contribution < -0.4 is 5.32 Å². The summed E-state index contributed by atoms with van der Waals surface area (Å²) in [5, 5.41) is 3.54. The Bertz CT molecular complexity index is 322. The number of pyridine rings is 1. The average molecular weight is 190 g/mol. The van der Waals surface area contributed by atoms with Gasteiger partial charge in [0.2, 0.25) is 0 Å². The van der Waals surface area contributed by atoms with Gasteiger partial charge in [-0.15, -0.1) is 0 Å². The van der Waals surface area contributed by atoms with Crippen molar-refractivity contribution >= 4 is 5.69 Å². The molecule has 3 unspecified atom stereocenters. The molecule has 0 saturated heterocycles. The highest BCUT2D eigenvalue weighted by Crippen LogP contribution is 2.35. The van der Waals surface area contributed by atoms with Crippen molar-refractivity contribution in [2.45, 2.75) is 33.2 Å². The van der Waals surface area contributed by atoms with Gasteiger partial charge in [-0.3, -0.25) is 4.98 Å². The number of nitrogens with one attached hydrogen (secondary N) is 1. The predicted octanol–water partition coefficient (Wildman–Crippen LogP) is 2.85. The van der Waals surface area contributed by atoms with Gasteiger partial charge in [0.25, 0.3) is 0 Å². The van der Waals surface area contributed by atoms with Crippen LogP contribution in [0.5, 0.6) is 0 Å². The van der Waals surface area contributed by atoms with Crippen LogP contribution in [0.25, 0.3) is 0 Å². The van der Waals surface area contributed by atoms with Crippen LogP contribution in [0.2, 0.25) is 0 Å². The minimum atomic E-state index is 0.647. The largest absolute Gasteiger partial charge is 0.381 e. The van der Waals surface area contributed by atoms with Crippen molar-refractivity contribution in [1.82, 2.24) is 4.98 Å². The van der Waals surface area contributed by atoms with E-state index < -0.39 is 0 Å². The number of anilines is 1. The lowest BCUT2D eigenvalue weighted by Crippen LogP contribution is -2.43. The first-order valence-corrected chi connectivity index (χ1v) is 5.35. The van der Waals surface area contributed by atoms with Gasteiger partial charge in [-0.05, 0) is 36.8 Å². The minimum absolute atomic E-state index is 0.647. The van der Waals surface area contributed by atoms with E-state index in [-0.39, 0.29) is 0 Å². The number of hydrogen-bond donors (Lipinski definition) is 1.